The number of ether oxygens (including phenoxy) is 1. The van der Waals surface area contributed by atoms with Crippen molar-refractivity contribution in [3.63, 3.8) is 0 Å². The lowest BCUT2D eigenvalue weighted by Gasteiger charge is -1.99. The molecule has 2 rings (SSSR count). The van der Waals surface area contributed by atoms with E-state index in [4.69, 9.17) is 4.74 Å². The predicted octanol–water partition coefficient (Wildman–Crippen LogP) is 2.26. The van der Waals surface area contributed by atoms with Gasteiger partial charge in [0.15, 0.2) is 0 Å². The monoisotopic (exact) mass is 189 g/mol. The summed E-state index contributed by atoms with van der Waals surface area (Å²) in [7, 11) is 1.39. The summed E-state index contributed by atoms with van der Waals surface area (Å²) in [5.41, 5.74) is 2.63. The molecule has 1 N–H and O–H groups in total. The number of aryl methyl sites for hydroxylation is 1. The number of aromatic amines is 1. The molecule has 3 nitrogen and oxygen atoms in total. The van der Waals surface area contributed by atoms with E-state index in [-0.39, 0.29) is 5.97 Å². The molecule has 1 aromatic heterocycles. The molecule has 14 heavy (non-hydrogen) atoms. The summed E-state index contributed by atoms with van der Waals surface area (Å²) in [5, 5.41) is 0.944. The van der Waals surface area contributed by atoms with E-state index in [1.165, 1.54) is 7.11 Å². The van der Waals surface area contributed by atoms with Gasteiger partial charge in [0.1, 0.15) is 0 Å². The van der Waals surface area contributed by atoms with Crippen LogP contribution in [0.2, 0.25) is 0 Å². The molecule has 72 valence electrons. The molecular formula is C11H11NO2. The Bertz CT molecular complexity index is 485. The number of aromatic nitrogens is 1. The van der Waals surface area contributed by atoms with E-state index < -0.39 is 0 Å². The molecule has 1 heterocycles. The maximum absolute atomic E-state index is 11.4. The van der Waals surface area contributed by atoms with E-state index in [0.29, 0.717) is 5.56 Å². The van der Waals surface area contributed by atoms with Crippen LogP contribution in [-0.2, 0) is 4.74 Å². The highest BCUT2D eigenvalue weighted by Gasteiger charge is 2.12. The number of fused-ring (bicyclic) bond motifs is 1. The molecule has 0 spiro atoms. The van der Waals surface area contributed by atoms with Gasteiger partial charge in [0.25, 0.3) is 0 Å². The zero-order valence-corrected chi connectivity index (χ0v) is 8.13. The fourth-order valence-corrected chi connectivity index (χ4v) is 1.64. The average Bonchev–Trinajstić information content (AvgIpc) is 2.62. The van der Waals surface area contributed by atoms with Gasteiger partial charge in [-0.2, -0.15) is 0 Å². The van der Waals surface area contributed by atoms with Crippen molar-refractivity contribution >= 4 is 16.9 Å². The number of methoxy groups -OCH3 is 1. The van der Waals surface area contributed by atoms with Gasteiger partial charge in [0, 0.05) is 17.1 Å². The number of benzene rings is 1. The minimum atomic E-state index is -0.300. The van der Waals surface area contributed by atoms with Crippen LogP contribution in [0.5, 0.6) is 0 Å². The normalized spacial score (nSPS) is 10.4. The predicted molar refractivity (Wildman–Crippen MR) is 54.4 cm³/mol. The van der Waals surface area contributed by atoms with E-state index in [1.54, 1.807) is 6.20 Å². The van der Waals surface area contributed by atoms with E-state index in [0.717, 1.165) is 16.5 Å². The van der Waals surface area contributed by atoms with Crippen molar-refractivity contribution in [3.05, 3.63) is 35.5 Å². The van der Waals surface area contributed by atoms with Crippen molar-refractivity contribution in [2.45, 2.75) is 6.92 Å². The molecule has 0 aliphatic heterocycles. The first-order valence-electron chi connectivity index (χ1n) is 4.39. The van der Waals surface area contributed by atoms with Gasteiger partial charge in [-0.15, -0.1) is 0 Å². The highest BCUT2D eigenvalue weighted by atomic mass is 16.5. The molecule has 2 aromatic rings. The molecule has 3 heteroatoms. The van der Waals surface area contributed by atoms with Crippen molar-refractivity contribution in [2.75, 3.05) is 7.11 Å². The Balaban J connectivity index is 2.73. The van der Waals surface area contributed by atoms with Crippen molar-refractivity contribution in [1.29, 1.82) is 0 Å². The highest BCUT2D eigenvalue weighted by Crippen LogP contribution is 2.22. The lowest BCUT2D eigenvalue weighted by atomic mass is 10.1. The van der Waals surface area contributed by atoms with Crippen LogP contribution in [0.15, 0.2) is 24.4 Å². The number of nitrogens with one attached hydrogen (secondary N) is 1. The Hall–Kier alpha value is -1.77. The van der Waals surface area contributed by atoms with Crippen LogP contribution in [0.3, 0.4) is 0 Å². The summed E-state index contributed by atoms with van der Waals surface area (Å²) in [6.07, 6.45) is 1.68. The fraction of sp³-hybridized carbons (Fsp3) is 0.182. The van der Waals surface area contributed by atoms with E-state index in [9.17, 15) is 4.79 Å². The standard InChI is InChI=1S/C11H11NO2/c1-7-4-3-5-9-10(7)8(6-12-9)11(13)14-2/h3-6,12H,1-2H3. The maximum atomic E-state index is 11.4. The average molecular weight is 189 g/mol. The Morgan fingerprint density at radius 1 is 1.43 bits per heavy atom. The van der Waals surface area contributed by atoms with Gasteiger partial charge in [0.2, 0.25) is 0 Å². The smallest absolute Gasteiger partial charge is 0.340 e. The van der Waals surface area contributed by atoms with Gasteiger partial charge in [-0.05, 0) is 18.6 Å². The van der Waals surface area contributed by atoms with Gasteiger partial charge in [-0.1, -0.05) is 12.1 Å². The Morgan fingerprint density at radius 3 is 2.93 bits per heavy atom. The summed E-state index contributed by atoms with van der Waals surface area (Å²) in [4.78, 5) is 14.4. The lowest BCUT2D eigenvalue weighted by Crippen LogP contribution is -1.99. The van der Waals surface area contributed by atoms with Gasteiger partial charge in [-0.3, -0.25) is 0 Å². The lowest BCUT2D eigenvalue weighted by molar-refractivity contribution is 0.0603. The topological polar surface area (TPSA) is 42.1 Å². The number of H-pyrrole nitrogens is 1. The SMILES string of the molecule is COC(=O)c1c[nH]c2cccc(C)c12. The second kappa shape index (κ2) is 3.18. The number of hydrogen-bond acceptors (Lipinski definition) is 2. The van der Waals surface area contributed by atoms with Crippen LogP contribution in [0.1, 0.15) is 15.9 Å². The van der Waals surface area contributed by atoms with Crippen LogP contribution in [0.25, 0.3) is 10.9 Å². The van der Waals surface area contributed by atoms with Crippen LogP contribution in [0, 0.1) is 6.92 Å². The molecule has 0 atom stereocenters. The van der Waals surface area contributed by atoms with E-state index in [2.05, 4.69) is 4.98 Å². The van der Waals surface area contributed by atoms with Gasteiger partial charge >= 0.3 is 5.97 Å². The van der Waals surface area contributed by atoms with Gasteiger partial charge in [0.05, 0.1) is 12.7 Å². The molecule has 0 aliphatic rings. The second-order valence-corrected chi connectivity index (χ2v) is 3.19. The molecule has 0 radical (unpaired) electrons. The number of carbonyl (C=O) groups is 1. The quantitative estimate of drug-likeness (QED) is 0.699. The first-order chi connectivity index (χ1) is 6.74. The summed E-state index contributed by atoms with van der Waals surface area (Å²) in [6.45, 7) is 1.97. The minimum absolute atomic E-state index is 0.300. The van der Waals surface area contributed by atoms with Crippen molar-refractivity contribution in [1.82, 2.24) is 4.98 Å². The molecular weight excluding hydrogens is 178 g/mol. The maximum Gasteiger partial charge on any atom is 0.340 e. The third-order valence-electron chi connectivity index (χ3n) is 2.32. The number of esters is 1. The molecule has 0 saturated carbocycles. The third kappa shape index (κ3) is 1.18. The molecule has 0 amide bonds. The van der Waals surface area contributed by atoms with Gasteiger partial charge in [-0.25, -0.2) is 4.79 Å². The highest BCUT2D eigenvalue weighted by molar-refractivity contribution is 6.05. The van der Waals surface area contributed by atoms with E-state index in [1.807, 2.05) is 25.1 Å². The third-order valence-corrected chi connectivity index (χ3v) is 2.32. The zero-order valence-electron chi connectivity index (χ0n) is 8.13. The molecule has 1 aromatic carbocycles. The summed E-state index contributed by atoms with van der Waals surface area (Å²) < 4.78 is 4.70. The fourth-order valence-electron chi connectivity index (χ4n) is 1.64. The van der Waals surface area contributed by atoms with Crippen molar-refractivity contribution < 1.29 is 9.53 Å². The summed E-state index contributed by atoms with van der Waals surface area (Å²) in [5.74, 6) is -0.300. The molecule has 0 bridgehead atoms. The summed E-state index contributed by atoms with van der Waals surface area (Å²) >= 11 is 0. The van der Waals surface area contributed by atoms with Crippen molar-refractivity contribution in [3.8, 4) is 0 Å². The second-order valence-electron chi connectivity index (χ2n) is 3.19. The first-order valence-corrected chi connectivity index (χ1v) is 4.39. The van der Waals surface area contributed by atoms with Crippen LogP contribution < -0.4 is 0 Å². The Labute approximate surface area is 81.7 Å². The molecule has 0 fully saturated rings. The number of hydrogen-bond donors (Lipinski definition) is 1. The van der Waals surface area contributed by atoms with Crippen molar-refractivity contribution in [2.24, 2.45) is 0 Å². The van der Waals surface area contributed by atoms with Gasteiger partial charge < -0.3 is 9.72 Å². The largest absolute Gasteiger partial charge is 0.465 e. The molecule has 0 aliphatic carbocycles. The Kier molecular flexibility index (Phi) is 2.00. The summed E-state index contributed by atoms with van der Waals surface area (Å²) in [6, 6.07) is 5.87. The molecule has 0 unspecified atom stereocenters. The van der Waals surface area contributed by atoms with Crippen LogP contribution in [-0.4, -0.2) is 18.1 Å². The number of rotatable bonds is 1. The van der Waals surface area contributed by atoms with E-state index >= 15 is 0 Å². The minimum Gasteiger partial charge on any atom is -0.465 e. The van der Waals surface area contributed by atoms with Crippen LogP contribution in [0.4, 0.5) is 0 Å². The first kappa shape index (κ1) is 8.81. The number of carbonyl (C=O) groups excluding carboxylic acids is 1. The van der Waals surface area contributed by atoms with Crippen LogP contribution >= 0.6 is 0 Å². The zero-order chi connectivity index (χ0) is 10.1. The molecule has 0 saturated heterocycles. The Morgan fingerprint density at radius 2 is 2.21 bits per heavy atom.